The van der Waals surface area contributed by atoms with E-state index < -0.39 is 0 Å². The highest BCUT2D eigenvalue weighted by molar-refractivity contribution is 5.67. The van der Waals surface area contributed by atoms with E-state index in [1.54, 1.807) is 18.2 Å². The summed E-state index contributed by atoms with van der Waals surface area (Å²) < 4.78 is 5.18. The number of nitrogens with zero attached hydrogens (tertiary/aromatic N) is 2. The maximum atomic E-state index is 9.44. The number of benzene rings is 1. The van der Waals surface area contributed by atoms with E-state index in [2.05, 4.69) is 17.1 Å². The van der Waals surface area contributed by atoms with Gasteiger partial charge in [0.25, 0.3) is 5.89 Å². The summed E-state index contributed by atoms with van der Waals surface area (Å²) >= 11 is 0. The van der Waals surface area contributed by atoms with Gasteiger partial charge in [-0.2, -0.15) is 4.98 Å². The highest BCUT2D eigenvalue weighted by Crippen LogP contribution is 2.25. The molecule has 2 aromatic rings. The molecule has 0 radical (unpaired) electrons. The third-order valence-electron chi connectivity index (χ3n) is 3.66. The Bertz CT molecular complexity index is 635. The Hall–Kier alpha value is -2.30. The summed E-state index contributed by atoms with van der Waals surface area (Å²) in [5.74, 6) is 0.884. The van der Waals surface area contributed by atoms with Crippen LogP contribution in [0.15, 0.2) is 22.7 Å². The van der Waals surface area contributed by atoms with Crippen molar-refractivity contribution in [2.45, 2.75) is 51.9 Å². The summed E-state index contributed by atoms with van der Waals surface area (Å²) in [4.78, 5) is 4.32. The molecule has 0 unspecified atom stereocenters. The van der Waals surface area contributed by atoms with Crippen LogP contribution >= 0.6 is 0 Å². The van der Waals surface area contributed by atoms with Crippen LogP contribution in [0.4, 0.5) is 0 Å². The predicted molar refractivity (Wildman–Crippen MR) is 90.1 cm³/mol. The Morgan fingerprint density at radius 2 is 1.78 bits per heavy atom. The number of aryl methyl sites for hydroxylation is 1. The highest BCUT2D eigenvalue weighted by Gasteiger charge is 2.04. The van der Waals surface area contributed by atoms with Gasteiger partial charge >= 0.3 is 0 Å². The first-order valence-corrected chi connectivity index (χ1v) is 8.21. The Balaban J connectivity index is 1.79. The molecule has 1 aromatic carbocycles. The second-order valence-electron chi connectivity index (χ2n) is 5.65. The largest absolute Gasteiger partial charge is 0.504 e. The van der Waals surface area contributed by atoms with Crippen molar-refractivity contribution in [3.05, 3.63) is 35.5 Å². The highest BCUT2D eigenvalue weighted by atomic mass is 16.5. The minimum absolute atomic E-state index is 0.138. The van der Waals surface area contributed by atoms with Gasteiger partial charge in [-0.05, 0) is 30.2 Å². The molecule has 0 aliphatic rings. The molecule has 0 atom stereocenters. The number of rotatable bonds is 9. The lowest BCUT2D eigenvalue weighted by Crippen LogP contribution is -1.89. The van der Waals surface area contributed by atoms with Crippen LogP contribution in [0.5, 0.6) is 11.5 Å². The lowest BCUT2D eigenvalue weighted by molar-refractivity contribution is 0.402. The molecule has 0 spiro atoms. The van der Waals surface area contributed by atoms with Gasteiger partial charge in [0.2, 0.25) is 0 Å². The van der Waals surface area contributed by atoms with E-state index in [1.165, 1.54) is 44.2 Å². The average Bonchev–Trinajstić information content (AvgIpc) is 3.00. The summed E-state index contributed by atoms with van der Waals surface area (Å²) in [6.07, 6.45) is 11.7. The van der Waals surface area contributed by atoms with Gasteiger partial charge in [0.05, 0.1) is 0 Å². The second kappa shape index (κ2) is 8.98. The van der Waals surface area contributed by atoms with Crippen molar-refractivity contribution < 1.29 is 14.7 Å². The first-order valence-electron chi connectivity index (χ1n) is 8.21. The SMILES string of the molecule is CCCCCCCCc1noc(/C=C/c2ccc(O)c(O)c2)n1. The molecule has 0 bridgehead atoms. The molecule has 23 heavy (non-hydrogen) atoms. The van der Waals surface area contributed by atoms with E-state index in [9.17, 15) is 10.2 Å². The van der Waals surface area contributed by atoms with Crippen LogP contribution in [0.3, 0.4) is 0 Å². The minimum atomic E-state index is -0.151. The van der Waals surface area contributed by atoms with Crippen LogP contribution in [0.25, 0.3) is 12.2 Å². The van der Waals surface area contributed by atoms with Crippen LogP contribution in [0.2, 0.25) is 0 Å². The summed E-state index contributed by atoms with van der Waals surface area (Å²) in [5, 5.41) is 22.7. The number of hydrogen-bond donors (Lipinski definition) is 2. The zero-order valence-corrected chi connectivity index (χ0v) is 13.5. The van der Waals surface area contributed by atoms with Crippen molar-refractivity contribution >= 4 is 12.2 Å². The number of unbranched alkanes of at least 4 members (excludes halogenated alkanes) is 5. The molecule has 0 aliphatic heterocycles. The lowest BCUT2D eigenvalue weighted by Gasteiger charge is -1.97. The quantitative estimate of drug-likeness (QED) is 0.524. The number of phenols is 2. The summed E-state index contributed by atoms with van der Waals surface area (Å²) in [6.45, 7) is 2.22. The van der Waals surface area contributed by atoms with Gasteiger partial charge in [-0.1, -0.05) is 50.3 Å². The van der Waals surface area contributed by atoms with Crippen LogP contribution in [-0.2, 0) is 6.42 Å². The van der Waals surface area contributed by atoms with Crippen LogP contribution in [0.1, 0.15) is 62.7 Å². The van der Waals surface area contributed by atoms with E-state index in [-0.39, 0.29) is 11.5 Å². The number of aromatic hydroxyl groups is 2. The van der Waals surface area contributed by atoms with E-state index in [1.807, 2.05) is 0 Å². The fourth-order valence-corrected chi connectivity index (χ4v) is 2.31. The number of phenolic OH excluding ortho intramolecular Hbond substituents is 2. The van der Waals surface area contributed by atoms with Crippen LogP contribution < -0.4 is 0 Å². The van der Waals surface area contributed by atoms with E-state index >= 15 is 0 Å². The summed E-state index contributed by atoms with van der Waals surface area (Å²) in [5.41, 5.74) is 0.746. The zero-order chi connectivity index (χ0) is 16.5. The van der Waals surface area contributed by atoms with E-state index in [4.69, 9.17) is 4.52 Å². The first-order chi connectivity index (χ1) is 11.2. The fourth-order valence-electron chi connectivity index (χ4n) is 2.31. The molecule has 1 aromatic heterocycles. The van der Waals surface area contributed by atoms with Crippen molar-refractivity contribution in [2.75, 3.05) is 0 Å². The van der Waals surface area contributed by atoms with Gasteiger partial charge in [-0.25, -0.2) is 0 Å². The molecular formula is C18H24N2O3. The molecule has 1 heterocycles. The number of hydrogen-bond acceptors (Lipinski definition) is 5. The topological polar surface area (TPSA) is 79.4 Å². The van der Waals surface area contributed by atoms with E-state index in [0.29, 0.717) is 5.89 Å². The molecule has 2 N–H and O–H groups in total. The van der Waals surface area contributed by atoms with Crippen molar-refractivity contribution in [3.63, 3.8) is 0 Å². The smallest absolute Gasteiger partial charge is 0.250 e. The average molecular weight is 316 g/mol. The fraction of sp³-hybridized carbons (Fsp3) is 0.444. The minimum Gasteiger partial charge on any atom is -0.504 e. The Morgan fingerprint density at radius 3 is 2.57 bits per heavy atom. The number of aromatic nitrogens is 2. The summed E-state index contributed by atoms with van der Waals surface area (Å²) in [7, 11) is 0. The standard InChI is InChI=1S/C18H24N2O3/c1-2-3-4-5-6-7-8-17-19-18(23-20-17)12-10-14-9-11-15(21)16(22)13-14/h9-13,21-22H,2-8H2,1H3/b12-10+. The van der Waals surface area contributed by atoms with Crippen molar-refractivity contribution in [1.29, 1.82) is 0 Å². The Morgan fingerprint density at radius 1 is 1.00 bits per heavy atom. The molecule has 2 rings (SSSR count). The molecule has 0 saturated heterocycles. The van der Waals surface area contributed by atoms with Gasteiger partial charge in [-0.15, -0.1) is 0 Å². The third kappa shape index (κ3) is 5.77. The van der Waals surface area contributed by atoms with Gasteiger partial charge in [0.1, 0.15) is 0 Å². The normalized spacial score (nSPS) is 11.3. The van der Waals surface area contributed by atoms with Gasteiger partial charge < -0.3 is 14.7 Å². The maximum Gasteiger partial charge on any atom is 0.250 e. The molecule has 124 valence electrons. The van der Waals surface area contributed by atoms with Crippen molar-refractivity contribution in [1.82, 2.24) is 10.1 Å². The van der Waals surface area contributed by atoms with Gasteiger partial charge in [0.15, 0.2) is 17.3 Å². The van der Waals surface area contributed by atoms with Crippen LogP contribution in [0, 0.1) is 0 Å². The molecule has 0 fully saturated rings. The molecule has 0 aliphatic carbocycles. The predicted octanol–water partition coefficient (Wildman–Crippen LogP) is 4.55. The third-order valence-corrected chi connectivity index (χ3v) is 3.66. The summed E-state index contributed by atoms with van der Waals surface area (Å²) in [6, 6.07) is 4.60. The first kappa shape index (κ1) is 17.1. The molecule has 0 saturated carbocycles. The van der Waals surface area contributed by atoms with Gasteiger partial charge in [-0.3, -0.25) is 0 Å². The Labute approximate surface area is 136 Å². The van der Waals surface area contributed by atoms with Crippen molar-refractivity contribution in [3.8, 4) is 11.5 Å². The van der Waals surface area contributed by atoms with Crippen LogP contribution in [-0.4, -0.2) is 20.4 Å². The van der Waals surface area contributed by atoms with E-state index in [0.717, 1.165) is 24.2 Å². The molecule has 0 amide bonds. The monoisotopic (exact) mass is 316 g/mol. The molecular weight excluding hydrogens is 292 g/mol. The van der Waals surface area contributed by atoms with Gasteiger partial charge in [0, 0.05) is 12.5 Å². The zero-order valence-electron chi connectivity index (χ0n) is 13.5. The van der Waals surface area contributed by atoms with Crippen molar-refractivity contribution in [2.24, 2.45) is 0 Å². The second-order valence-corrected chi connectivity index (χ2v) is 5.65. The molecule has 5 heteroatoms. The molecule has 5 nitrogen and oxygen atoms in total. The lowest BCUT2D eigenvalue weighted by atomic mass is 10.1. The maximum absolute atomic E-state index is 9.44. The Kier molecular flexibility index (Phi) is 6.66.